The quantitative estimate of drug-likeness (QED) is 0.676. The van der Waals surface area contributed by atoms with E-state index in [9.17, 15) is 4.79 Å². The Kier molecular flexibility index (Phi) is 5.55. The summed E-state index contributed by atoms with van der Waals surface area (Å²) in [7, 11) is 1.53. The molecule has 0 spiro atoms. The summed E-state index contributed by atoms with van der Waals surface area (Å²) in [5.74, 6) is 0.325. The topological polar surface area (TPSA) is 38.3 Å². The molecule has 1 amide bonds. The first-order chi connectivity index (χ1) is 9.61. The van der Waals surface area contributed by atoms with Gasteiger partial charge < -0.3 is 10.1 Å². The van der Waals surface area contributed by atoms with Crippen molar-refractivity contribution in [1.29, 1.82) is 0 Å². The molecule has 3 nitrogen and oxygen atoms in total. The van der Waals surface area contributed by atoms with Gasteiger partial charge in [-0.3, -0.25) is 4.79 Å². The van der Waals surface area contributed by atoms with Gasteiger partial charge in [0.15, 0.2) is 0 Å². The number of amides is 1. The fourth-order valence-electron chi connectivity index (χ4n) is 2.52. The van der Waals surface area contributed by atoms with E-state index in [1.54, 1.807) is 18.2 Å². The van der Waals surface area contributed by atoms with Crippen molar-refractivity contribution < 1.29 is 9.53 Å². The van der Waals surface area contributed by atoms with E-state index in [0.29, 0.717) is 16.3 Å². The molecule has 2 unspecified atom stereocenters. The summed E-state index contributed by atoms with van der Waals surface area (Å²) in [4.78, 5) is 12.4. The van der Waals surface area contributed by atoms with Crippen LogP contribution >= 0.6 is 23.2 Å². The molecule has 1 saturated carbocycles. The minimum Gasteiger partial charge on any atom is -0.496 e. The highest BCUT2D eigenvalue weighted by Gasteiger charge is 2.24. The summed E-state index contributed by atoms with van der Waals surface area (Å²) in [5, 5.41) is 3.57. The second-order valence-corrected chi connectivity index (χ2v) is 6.08. The van der Waals surface area contributed by atoms with Crippen molar-refractivity contribution in [2.24, 2.45) is 0 Å². The molecule has 0 aromatic heterocycles. The number of benzene rings is 1. The van der Waals surface area contributed by atoms with Crippen LogP contribution in [0.15, 0.2) is 18.2 Å². The molecule has 1 aromatic carbocycles. The molecule has 0 bridgehead atoms. The number of nitrogens with one attached hydrogen (secondary N) is 1. The standard InChI is InChI=1S/C15H19Cl2NO2/c1-20-14-9-10(16)7-8-11(14)15(19)18-13-6-4-2-3-5-12(13)17/h7-9,12-13H,2-6H2,1H3,(H,18,19). The summed E-state index contributed by atoms with van der Waals surface area (Å²) in [5.41, 5.74) is 0.491. The SMILES string of the molecule is COc1cc(Cl)ccc1C(=O)NC1CCCCCC1Cl. The van der Waals surface area contributed by atoms with E-state index in [2.05, 4.69) is 5.32 Å². The van der Waals surface area contributed by atoms with Crippen molar-refractivity contribution in [3.05, 3.63) is 28.8 Å². The van der Waals surface area contributed by atoms with Crippen LogP contribution in [0.25, 0.3) is 0 Å². The Morgan fingerprint density at radius 2 is 2.05 bits per heavy atom. The van der Waals surface area contributed by atoms with Crippen molar-refractivity contribution >= 4 is 29.1 Å². The first-order valence-corrected chi connectivity index (χ1v) is 7.71. The Bertz CT molecular complexity index is 479. The normalized spacial score (nSPS) is 22.9. The Morgan fingerprint density at radius 1 is 1.30 bits per heavy atom. The number of methoxy groups -OCH3 is 1. The number of halogens is 2. The van der Waals surface area contributed by atoms with Gasteiger partial charge in [0.25, 0.3) is 5.91 Å². The van der Waals surface area contributed by atoms with Crippen LogP contribution in [-0.4, -0.2) is 24.4 Å². The Labute approximate surface area is 129 Å². The van der Waals surface area contributed by atoms with Crippen LogP contribution in [0.2, 0.25) is 5.02 Å². The van der Waals surface area contributed by atoms with Crippen molar-refractivity contribution in [1.82, 2.24) is 5.32 Å². The van der Waals surface area contributed by atoms with Crippen LogP contribution < -0.4 is 10.1 Å². The second-order valence-electron chi connectivity index (χ2n) is 5.08. The molecular formula is C15H19Cl2NO2. The minimum atomic E-state index is -0.156. The maximum absolute atomic E-state index is 12.4. The Hall–Kier alpha value is -0.930. The van der Waals surface area contributed by atoms with Gasteiger partial charge in [-0.25, -0.2) is 0 Å². The fourth-order valence-corrected chi connectivity index (χ4v) is 3.03. The van der Waals surface area contributed by atoms with Crippen LogP contribution in [-0.2, 0) is 0 Å². The number of carbonyl (C=O) groups is 1. The lowest BCUT2D eigenvalue weighted by Gasteiger charge is -2.21. The van der Waals surface area contributed by atoms with Gasteiger partial charge in [-0.05, 0) is 31.0 Å². The zero-order chi connectivity index (χ0) is 14.5. The number of hydrogen-bond donors (Lipinski definition) is 1. The maximum atomic E-state index is 12.4. The summed E-state index contributed by atoms with van der Waals surface area (Å²) in [6, 6.07) is 5.02. The molecule has 2 atom stereocenters. The van der Waals surface area contributed by atoms with Crippen LogP contribution in [0, 0.1) is 0 Å². The highest BCUT2D eigenvalue weighted by atomic mass is 35.5. The average Bonchev–Trinajstić information content (AvgIpc) is 2.64. The summed E-state index contributed by atoms with van der Waals surface area (Å²) >= 11 is 12.3. The molecule has 0 radical (unpaired) electrons. The number of ether oxygens (including phenoxy) is 1. The molecule has 0 heterocycles. The van der Waals surface area contributed by atoms with Gasteiger partial charge >= 0.3 is 0 Å². The lowest BCUT2D eigenvalue weighted by molar-refractivity contribution is 0.0931. The minimum absolute atomic E-state index is 0.000236. The molecule has 1 aliphatic rings. The van der Waals surface area contributed by atoms with Gasteiger partial charge in [-0.2, -0.15) is 0 Å². The molecule has 2 rings (SSSR count). The molecule has 20 heavy (non-hydrogen) atoms. The summed E-state index contributed by atoms with van der Waals surface area (Å²) in [6.07, 6.45) is 5.29. The first kappa shape index (κ1) is 15.5. The van der Waals surface area contributed by atoms with E-state index in [0.717, 1.165) is 25.7 Å². The van der Waals surface area contributed by atoms with Crippen LogP contribution in [0.3, 0.4) is 0 Å². The highest BCUT2D eigenvalue weighted by Crippen LogP contribution is 2.25. The predicted octanol–water partition coefficient (Wildman–Crippen LogP) is 4.02. The molecule has 0 saturated heterocycles. The molecule has 1 fully saturated rings. The fraction of sp³-hybridized carbons (Fsp3) is 0.533. The Balaban J connectivity index is 2.11. The van der Waals surface area contributed by atoms with E-state index in [-0.39, 0.29) is 17.3 Å². The number of rotatable bonds is 3. The van der Waals surface area contributed by atoms with E-state index >= 15 is 0 Å². The lowest BCUT2D eigenvalue weighted by Crippen LogP contribution is -2.40. The van der Waals surface area contributed by atoms with Crippen molar-refractivity contribution in [2.75, 3.05) is 7.11 Å². The zero-order valence-corrected chi connectivity index (χ0v) is 13.0. The van der Waals surface area contributed by atoms with Crippen LogP contribution in [0.4, 0.5) is 0 Å². The van der Waals surface area contributed by atoms with Crippen molar-refractivity contribution in [3.63, 3.8) is 0 Å². The summed E-state index contributed by atoms with van der Waals surface area (Å²) < 4.78 is 5.21. The number of carbonyl (C=O) groups excluding carboxylic acids is 1. The summed E-state index contributed by atoms with van der Waals surface area (Å²) in [6.45, 7) is 0. The molecule has 1 aromatic rings. The van der Waals surface area contributed by atoms with Crippen molar-refractivity contribution in [3.8, 4) is 5.75 Å². The van der Waals surface area contributed by atoms with Gasteiger partial charge in [0.2, 0.25) is 0 Å². The Morgan fingerprint density at radius 3 is 2.80 bits per heavy atom. The third-order valence-corrected chi connectivity index (χ3v) is 4.41. The van der Waals surface area contributed by atoms with E-state index in [1.165, 1.54) is 13.5 Å². The molecule has 1 N–H and O–H groups in total. The van der Waals surface area contributed by atoms with Gasteiger partial charge in [-0.15, -0.1) is 11.6 Å². The van der Waals surface area contributed by atoms with E-state index < -0.39 is 0 Å². The molecule has 110 valence electrons. The van der Waals surface area contributed by atoms with E-state index in [1.807, 2.05) is 0 Å². The number of alkyl halides is 1. The highest BCUT2D eigenvalue weighted by molar-refractivity contribution is 6.30. The molecule has 1 aliphatic carbocycles. The van der Waals surface area contributed by atoms with Gasteiger partial charge in [0.05, 0.1) is 18.1 Å². The second kappa shape index (κ2) is 7.19. The van der Waals surface area contributed by atoms with E-state index in [4.69, 9.17) is 27.9 Å². The predicted molar refractivity (Wildman–Crippen MR) is 82.0 cm³/mol. The van der Waals surface area contributed by atoms with Crippen molar-refractivity contribution in [2.45, 2.75) is 43.5 Å². The first-order valence-electron chi connectivity index (χ1n) is 6.90. The largest absolute Gasteiger partial charge is 0.496 e. The van der Waals surface area contributed by atoms with Gasteiger partial charge in [-0.1, -0.05) is 30.9 Å². The monoisotopic (exact) mass is 315 g/mol. The third-order valence-electron chi connectivity index (χ3n) is 3.66. The van der Waals surface area contributed by atoms with Gasteiger partial charge in [0.1, 0.15) is 5.75 Å². The smallest absolute Gasteiger partial charge is 0.255 e. The van der Waals surface area contributed by atoms with Crippen LogP contribution in [0.1, 0.15) is 42.5 Å². The van der Waals surface area contributed by atoms with Gasteiger partial charge in [0, 0.05) is 11.1 Å². The third kappa shape index (κ3) is 3.80. The van der Waals surface area contributed by atoms with Crippen LogP contribution in [0.5, 0.6) is 5.75 Å². The maximum Gasteiger partial charge on any atom is 0.255 e. The average molecular weight is 316 g/mol. The molecule has 0 aliphatic heterocycles. The number of hydrogen-bond acceptors (Lipinski definition) is 2. The molecular weight excluding hydrogens is 297 g/mol. The zero-order valence-electron chi connectivity index (χ0n) is 11.5. The lowest BCUT2D eigenvalue weighted by atomic mass is 10.1. The molecule has 5 heteroatoms.